The molecule has 1 aromatic heterocycles. The van der Waals surface area contributed by atoms with Crippen LogP contribution < -0.4 is 10.2 Å². The van der Waals surface area contributed by atoms with Crippen molar-refractivity contribution in [2.45, 2.75) is 6.54 Å². The normalized spacial score (nSPS) is 14.6. The molecule has 1 aromatic carbocycles. The molecule has 0 saturated carbocycles. The van der Waals surface area contributed by atoms with Crippen molar-refractivity contribution in [3.63, 3.8) is 0 Å². The maximum atomic E-state index is 13.0. The van der Waals surface area contributed by atoms with Crippen molar-refractivity contribution in [2.75, 3.05) is 50.1 Å². The summed E-state index contributed by atoms with van der Waals surface area (Å²) in [6.45, 7) is 3.86. The van der Waals surface area contributed by atoms with Gasteiger partial charge in [-0.25, -0.2) is 9.18 Å². The average Bonchev–Trinajstić information content (AvgIpc) is 3.08. The molecule has 1 N–H and O–H groups in total. The number of halogens is 1. The number of ether oxygens (including phenoxy) is 1. The van der Waals surface area contributed by atoms with Gasteiger partial charge in [0.05, 0.1) is 25.0 Å². The number of carbonyl (C=O) groups excluding carboxylic acids is 1. The predicted octanol–water partition coefficient (Wildman–Crippen LogP) is 2.02. The highest BCUT2D eigenvalue weighted by atomic mass is 19.1. The van der Waals surface area contributed by atoms with E-state index < -0.39 is 0 Å². The summed E-state index contributed by atoms with van der Waals surface area (Å²) < 4.78 is 19.7. The van der Waals surface area contributed by atoms with E-state index in [1.165, 1.54) is 12.1 Å². The van der Waals surface area contributed by atoms with Crippen LogP contribution in [0.15, 0.2) is 36.7 Å². The number of hydrogen-bond acceptors (Lipinski definition) is 4. The Morgan fingerprint density at radius 3 is 2.64 bits per heavy atom. The van der Waals surface area contributed by atoms with E-state index in [1.54, 1.807) is 41.2 Å². The molecule has 0 unspecified atom stereocenters. The first-order valence-corrected chi connectivity index (χ1v) is 8.23. The molecule has 0 aliphatic carbocycles. The number of nitrogens with one attached hydrogen (secondary N) is 1. The van der Waals surface area contributed by atoms with E-state index in [1.807, 2.05) is 0 Å². The second-order valence-corrected chi connectivity index (χ2v) is 5.87. The number of nitrogens with zero attached hydrogens (tertiary/aromatic N) is 4. The summed E-state index contributed by atoms with van der Waals surface area (Å²) in [5.74, 6) is -0.243. The van der Waals surface area contributed by atoms with Crippen LogP contribution in [-0.4, -0.2) is 60.6 Å². The van der Waals surface area contributed by atoms with E-state index in [0.29, 0.717) is 45.0 Å². The molecule has 1 aliphatic heterocycles. The Morgan fingerprint density at radius 1 is 1.24 bits per heavy atom. The molecule has 25 heavy (non-hydrogen) atoms. The zero-order valence-electron chi connectivity index (χ0n) is 14.2. The summed E-state index contributed by atoms with van der Waals surface area (Å²) in [6, 6.07) is 6.30. The Balaban J connectivity index is 1.49. The van der Waals surface area contributed by atoms with Crippen LogP contribution in [0.3, 0.4) is 0 Å². The molecule has 2 aromatic rings. The second-order valence-electron chi connectivity index (χ2n) is 5.87. The predicted molar refractivity (Wildman–Crippen MR) is 93.3 cm³/mol. The van der Waals surface area contributed by atoms with Gasteiger partial charge in [-0.2, -0.15) is 5.10 Å². The van der Waals surface area contributed by atoms with E-state index in [9.17, 15) is 9.18 Å². The minimum atomic E-state index is -0.243. The molecule has 134 valence electrons. The second kappa shape index (κ2) is 7.98. The van der Waals surface area contributed by atoms with Gasteiger partial charge in [-0.3, -0.25) is 4.68 Å². The number of urea groups is 1. The molecule has 7 nitrogen and oxygen atoms in total. The highest BCUT2D eigenvalue weighted by Gasteiger charge is 2.21. The van der Waals surface area contributed by atoms with Gasteiger partial charge in [-0.1, -0.05) is 0 Å². The highest BCUT2D eigenvalue weighted by Crippen LogP contribution is 2.17. The number of aromatic nitrogens is 2. The third-order valence-electron chi connectivity index (χ3n) is 4.17. The van der Waals surface area contributed by atoms with Gasteiger partial charge in [0.1, 0.15) is 5.82 Å². The number of carbonyl (C=O) groups is 1. The van der Waals surface area contributed by atoms with Gasteiger partial charge in [0.25, 0.3) is 0 Å². The fourth-order valence-corrected chi connectivity index (χ4v) is 2.76. The monoisotopic (exact) mass is 347 g/mol. The molecular weight excluding hydrogens is 325 g/mol. The molecule has 1 fully saturated rings. The lowest BCUT2D eigenvalue weighted by atomic mass is 10.2. The summed E-state index contributed by atoms with van der Waals surface area (Å²) in [5, 5.41) is 7.04. The number of hydrogen-bond donors (Lipinski definition) is 1. The molecular formula is C17H22FN5O2. The van der Waals surface area contributed by atoms with Crippen LogP contribution in [0.5, 0.6) is 0 Å². The van der Waals surface area contributed by atoms with E-state index in [2.05, 4.69) is 15.3 Å². The van der Waals surface area contributed by atoms with Crippen molar-refractivity contribution in [1.82, 2.24) is 14.7 Å². The summed E-state index contributed by atoms with van der Waals surface area (Å²) >= 11 is 0. The number of methoxy groups -OCH3 is 1. The number of rotatable bonds is 5. The van der Waals surface area contributed by atoms with Crippen LogP contribution in [0.4, 0.5) is 20.6 Å². The van der Waals surface area contributed by atoms with Crippen molar-refractivity contribution < 1.29 is 13.9 Å². The largest absolute Gasteiger partial charge is 0.383 e. The molecule has 2 amide bonds. The lowest BCUT2D eigenvalue weighted by molar-refractivity contribution is 0.183. The maximum absolute atomic E-state index is 13.0. The van der Waals surface area contributed by atoms with Gasteiger partial charge < -0.3 is 19.9 Å². The molecule has 0 bridgehead atoms. The van der Waals surface area contributed by atoms with Gasteiger partial charge in [0, 0.05) is 45.2 Å². The first-order valence-electron chi connectivity index (χ1n) is 8.23. The van der Waals surface area contributed by atoms with Gasteiger partial charge >= 0.3 is 6.03 Å². The molecule has 1 aliphatic rings. The van der Waals surface area contributed by atoms with E-state index in [-0.39, 0.29) is 11.8 Å². The van der Waals surface area contributed by atoms with Crippen molar-refractivity contribution in [3.05, 3.63) is 42.5 Å². The van der Waals surface area contributed by atoms with Gasteiger partial charge in [0.15, 0.2) is 0 Å². The Kier molecular flexibility index (Phi) is 5.49. The Labute approximate surface area is 146 Å². The zero-order chi connectivity index (χ0) is 17.6. The Bertz CT molecular complexity index is 695. The van der Waals surface area contributed by atoms with Gasteiger partial charge in [-0.05, 0) is 24.3 Å². The van der Waals surface area contributed by atoms with E-state index in [4.69, 9.17) is 4.74 Å². The molecule has 0 radical (unpaired) electrons. The quantitative estimate of drug-likeness (QED) is 0.899. The molecule has 0 atom stereocenters. The van der Waals surface area contributed by atoms with Crippen LogP contribution in [0.1, 0.15) is 0 Å². The highest BCUT2D eigenvalue weighted by molar-refractivity contribution is 5.89. The third-order valence-corrected chi connectivity index (χ3v) is 4.17. The molecule has 2 heterocycles. The first-order chi connectivity index (χ1) is 12.2. The van der Waals surface area contributed by atoms with E-state index >= 15 is 0 Å². The average molecular weight is 347 g/mol. The smallest absolute Gasteiger partial charge is 0.322 e. The molecule has 0 spiro atoms. The topological polar surface area (TPSA) is 62.6 Å². The number of anilines is 2. The summed E-state index contributed by atoms with van der Waals surface area (Å²) in [6.07, 6.45) is 3.41. The summed E-state index contributed by atoms with van der Waals surface area (Å²) in [7, 11) is 1.64. The summed E-state index contributed by atoms with van der Waals surface area (Å²) in [5.41, 5.74) is 1.64. The summed E-state index contributed by atoms with van der Waals surface area (Å²) in [4.78, 5) is 16.3. The van der Waals surface area contributed by atoms with Crippen LogP contribution >= 0.6 is 0 Å². The van der Waals surface area contributed by atoms with Crippen LogP contribution in [0, 0.1) is 5.82 Å². The zero-order valence-corrected chi connectivity index (χ0v) is 14.2. The van der Waals surface area contributed by atoms with Crippen LogP contribution in [-0.2, 0) is 11.3 Å². The fraction of sp³-hybridized carbons (Fsp3) is 0.412. The minimum absolute atomic E-state index is 0.134. The molecule has 3 rings (SSSR count). The number of benzene rings is 1. The maximum Gasteiger partial charge on any atom is 0.322 e. The molecule has 8 heteroatoms. The minimum Gasteiger partial charge on any atom is -0.383 e. The van der Waals surface area contributed by atoms with Gasteiger partial charge in [0.2, 0.25) is 0 Å². The molecule has 1 saturated heterocycles. The standard InChI is InChI=1S/C17H22FN5O2/c1-25-11-10-23-13-15(12-19-23)20-17(24)22-8-6-21(7-9-22)16-4-2-14(18)3-5-16/h2-5,12-13H,6-11H2,1H3,(H,20,24). The lowest BCUT2D eigenvalue weighted by Crippen LogP contribution is -2.50. The number of amides is 2. The SMILES string of the molecule is COCCn1cc(NC(=O)N2CCN(c3ccc(F)cc3)CC2)cn1. The van der Waals surface area contributed by atoms with Crippen molar-refractivity contribution >= 4 is 17.4 Å². The van der Waals surface area contributed by atoms with Crippen LogP contribution in [0.2, 0.25) is 0 Å². The Morgan fingerprint density at radius 2 is 1.96 bits per heavy atom. The van der Waals surface area contributed by atoms with Crippen LogP contribution in [0.25, 0.3) is 0 Å². The Hall–Kier alpha value is -2.61. The fourth-order valence-electron chi connectivity index (χ4n) is 2.76. The lowest BCUT2D eigenvalue weighted by Gasteiger charge is -2.36. The van der Waals surface area contributed by atoms with Crippen molar-refractivity contribution in [3.8, 4) is 0 Å². The number of piperazine rings is 1. The third kappa shape index (κ3) is 4.48. The van der Waals surface area contributed by atoms with Crippen molar-refractivity contribution in [1.29, 1.82) is 0 Å². The first kappa shape index (κ1) is 17.2. The van der Waals surface area contributed by atoms with Crippen molar-refractivity contribution in [2.24, 2.45) is 0 Å². The van der Waals surface area contributed by atoms with E-state index in [0.717, 1.165) is 5.69 Å². The van der Waals surface area contributed by atoms with Gasteiger partial charge in [-0.15, -0.1) is 0 Å².